The smallest absolute Gasteiger partial charge is 0.233 e. The predicted octanol–water partition coefficient (Wildman–Crippen LogP) is 0.288. The molecule has 1 aromatic rings. The van der Waals surface area contributed by atoms with Gasteiger partial charge in [0, 0.05) is 12.6 Å². The molecule has 0 saturated heterocycles. The number of hydrogen-bond donors (Lipinski definition) is 2. The van der Waals surface area contributed by atoms with E-state index >= 15 is 0 Å². The van der Waals surface area contributed by atoms with E-state index in [-0.39, 0.29) is 17.2 Å². The van der Waals surface area contributed by atoms with Gasteiger partial charge in [-0.3, -0.25) is 4.79 Å². The predicted molar refractivity (Wildman–Crippen MR) is 75.0 cm³/mol. The van der Waals surface area contributed by atoms with Crippen LogP contribution in [-0.4, -0.2) is 50.5 Å². The van der Waals surface area contributed by atoms with Crippen LogP contribution in [0.15, 0.2) is 5.16 Å². The number of carbonyl (C=O) groups excluding carboxylic acids is 1. The average Bonchev–Trinajstić information content (AvgIpc) is 2.76. The van der Waals surface area contributed by atoms with E-state index in [9.17, 15) is 4.79 Å². The number of tetrazole rings is 1. The van der Waals surface area contributed by atoms with Gasteiger partial charge in [0.1, 0.15) is 0 Å². The third-order valence-corrected chi connectivity index (χ3v) is 3.40. The SMILES string of the molecule is CCNCCn1nnnc1SC(C)C(=O)NC(C)C. The van der Waals surface area contributed by atoms with E-state index in [1.54, 1.807) is 4.68 Å². The van der Waals surface area contributed by atoms with E-state index in [0.717, 1.165) is 13.1 Å². The third-order valence-electron chi connectivity index (χ3n) is 2.33. The van der Waals surface area contributed by atoms with E-state index in [4.69, 9.17) is 0 Å². The highest BCUT2D eigenvalue weighted by atomic mass is 32.2. The van der Waals surface area contributed by atoms with Crippen LogP contribution in [0, 0.1) is 0 Å². The van der Waals surface area contributed by atoms with Crippen molar-refractivity contribution < 1.29 is 4.79 Å². The summed E-state index contributed by atoms with van der Waals surface area (Å²) in [5, 5.41) is 18.1. The minimum absolute atomic E-state index is 0.00114. The van der Waals surface area contributed by atoms with Crippen molar-refractivity contribution >= 4 is 17.7 Å². The molecule has 1 atom stereocenters. The largest absolute Gasteiger partial charge is 0.353 e. The maximum atomic E-state index is 11.8. The fraction of sp³-hybridized carbons (Fsp3) is 0.818. The number of likely N-dealkylation sites (N-methyl/N-ethyl adjacent to an activating group) is 1. The van der Waals surface area contributed by atoms with E-state index in [0.29, 0.717) is 11.7 Å². The number of nitrogens with zero attached hydrogens (tertiary/aromatic N) is 4. The minimum atomic E-state index is -0.216. The van der Waals surface area contributed by atoms with Crippen LogP contribution >= 0.6 is 11.8 Å². The Balaban J connectivity index is 2.52. The molecule has 108 valence electrons. The van der Waals surface area contributed by atoms with Crippen molar-refractivity contribution in [2.24, 2.45) is 0 Å². The van der Waals surface area contributed by atoms with E-state index < -0.39 is 0 Å². The Morgan fingerprint density at radius 2 is 2.16 bits per heavy atom. The van der Waals surface area contributed by atoms with E-state index in [1.165, 1.54) is 11.8 Å². The Hall–Kier alpha value is -1.15. The first-order valence-corrected chi connectivity index (χ1v) is 7.36. The van der Waals surface area contributed by atoms with Gasteiger partial charge in [0.2, 0.25) is 11.1 Å². The maximum absolute atomic E-state index is 11.8. The standard InChI is InChI=1S/C11H22N6OS/c1-5-12-6-7-17-11(14-15-16-17)19-9(4)10(18)13-8(2)3/h8-9,12H,5-7H2,1-4H3,(H,13,18). The second kappa shape index (κ2) is 8.11. The molecule has 8 heteroatoms. The van der Waals surface area contributed by atoms with Gasteiger partial charge in [-0.15, -0.1) is 5.10 Å². The molecule has 0 aliphatic rings. The molecule has 0 aliphatic carbocycles. The quantitative estimate of drug-likeness (QED) is 0.528. The Morgan fingerprint density at radius 3 is 2.79 bits per heavy atom. The van der Waals surface area contributed by atoms with Crippen molar-refractivity contribution in [1.29, 1.82) is 0 Å². The highest BCUT2D eigenvalue weighted by molar-refractivity contribution is 8.00. The number of rotatable bonds is 8. The number of aromatic nitrogens is 4. The summed E-state index contributed by atoms with van der Waals surface area (Å²) in [5.74, 6) is 0.00114. The number of amides is 1. The minimum Gasteiger partial charge on any atom is -0.353 e. The summed E-state index contributed by atoms with van der Waals surface area (Å²) in [6.45, 7) is 10.2. The highest BCUT2D eigenvalue weighted by Gasteiger charge is 2.18. The van der Waals surface area contributed by atoms with E-state index in [2.05, 4.69) is 26.2 Å². The van der Waals surface area contributed by atoms with Gasteiger partial charge in [-0.2, -0.15) is 0 Å². The van der Waals surface area contributed by atoms with Crippen molar-refractivity contribution in [3.05, 3.63) is 0 Å². The summed E-state index contributed by atoms with van der Waals surface area (Å²) in [4.78, 5) is 11.8. The molecule has 1 rings (SSSR count). The topological polar surface area (TPSA) is 84.7 Å². The molecule has 2 N–H and O–H groups in total. The lowest BCUT2D eigenvalue weighted by Gasteiger charge is -2.13. The zero-order valence-electron chi connectivity index (χ0n) is 11.9. The van der Waals surface area contributed by atoms with Crippen molar-refractivity contribution in [2.45, 2.75) is 50.7 Å². The molecule has 19 heavy (non-hydrogen) atoms. The summed E-state index contributed by atoms with van der Waals surface area (Å²) in [7, 11) is 0. The second-order valence-electron chi connectivity index (χ2n) is 4.46. The van der Waals surface area contributed by atoms with Crippen molar-refractivity contribution in [3.8, 4) is 0 Å². The lowest BCUT2D eigenvalue weighted by atomic mass is 10.3. The molecular formula is C11H22N6OS. The van der Waals surface area contributed by atoms with Crippen LogP contribution in [0.2, 0.25) is 0 Å². The van der Waals surface area contributed by atoms with Crippen LogP contribution in [0.5, 0.6) is 0 Å². The van der Waals surface area contributed by atoms with Crippen molar-refractivity contribution in [3.63, 3.8) is 0 Å². The molecule has 0 spiro atoms. The first kappa shape index (κ1) is 15.9. The maximum Gasteiger partial charge on any atom is 0.233 e. The van der Waals surface area contributed by atoms with Gasteiger partial charge >= 0.3 is 0 Å². The Kier molecular flexibility index (Phi) is 6.79. The molecular weight excluding hydrogens is 264 g/mol. The summed E-state index contributed by atoms with van der Waals surface area (Å²) in [6, 6.07) is 0.139. The first-order valence-electron chi connectivity index (χ1n) is 6.48. The lowest BCUT2D eigenvalue weighted by molar-refractivity contribution is -0.120. The number of carbonyl (C=O) groups is 1. The fourth-order valence-corrected chi connectivity index (χ4v) is 2.22. The fourth-order valence-electron chi connectivity index (χ4n) is 1.40. The van der Waals surface area contributed by atoms with Crippen LogP contribution in [0.1, 0.15) is 27.7 Å². The van der Waals surface area contributed by atoms with Crippen LogP contribution < -0.4 is 10.6 Å². The molecule has 1 amide bonds. The van der Waals surface area contributed by atoms with Gasteiger partial charge in [-0.1, -0.05) is 18.7 Å². The lowest BCUT2D eigenvalue weighted by Crippen LogP contribution is -2.36. The summed E-state index contributed by atoms with van der Waals surface area (Å²) in [5.41, 5.74) is 0. The molecule has 1 heterocycles. The Bertz CT molecular complexity index is 394. The van der Waals surface area contributed by atoms with Crippen molar-refractivity contribution in [2.75, 3.05) is 13.1 Å². The Labute approximate surface area is 117 Å². The van der Waals surface area contributed by atoms with Gasteiger partial charge in [0.15, 0.2) is 0 Å². The van der Waals surface area contributed by atoms with Gasteiger partial charge in [0.05, 0.1) is 11.8 Å². The molecule has 1 aromatic heterocycles. The number of hydrogen-bond acceptors (Lipinski definition) is 6. The molecule has 0 fully saturated rings. The average molecular weight is 286 g/mol. The summed E-state index contributed by atoms with van der Waals surface area (Å²) >= 11 is 1.37. The van der Waals surface area contributed by atoms with Crippen LogP contribution in [0.4, 0.5) is 0 Å². The second-order valence-corrected chi connectivity index (χ2v) is 5.77. The van der Waals surface area contributed by atoms with E-state index in [1.807, 2.05) is 27.7 Å². The van der Waals surface area contributed by atoms with Gasteiger partial charge < -0.3 is 10.6 Å². The van der Waals surface area contributed by atoms with Crippen LogP contribution in [-0.2, 0) is 11.3 Å². The van der Waals surface area contributed by atoms with Crippen molar-refractivity contribution in [1.82, 2.24) is 30.8 Å². The molecule has 0 saturated carbocycles. The molecule has 0 radical (unpaired) electrons. The summed E-state index contributed by atoms with van der Waals surface area (Å²) < 4.78 is 1.71. The van der Waals surface area contributed by atoms with Crippen LogP contribution in [0.25, 0.3) is 0 Å². The monoisotopic (exact) mass is 286 g/mol. The summed E-state index contributed by atoms with van der Waals surface area (Å²) in [6.07, 6.45) is 0. The van der Waals surface area contributed by atoms with Gasteiger partial charge in [-0.25, -0.2) is 4.68 Å². The molecule has 1 unspecified atom stereocenters. The molecule has 0 aliphatic heterocycles. The van der Waals surface area contributed by atoms with Gasteiger partial charge in [0.25, 0.3) is 0 Å². The number of thioether (sulfide) groups is 1. The highest BCUT2D eigenvalue weighted by Crippen LogP contribution is 2.20. The van der Waals surface area contributed by atoms with Crippen LogP contribution in [0.3, 0.4) is 0 Å². The zero-order chi connectivity index (χ0) is 14.3. The molecule has 0 aromatic carbocycles. The van der Waals surface area contributed by atoms with Gasteiger partial charge in [-0.05, 0) is 37.7 Å². The number of nitrogens with one attached hydrogen (secondary N) is 2. The Morgan fingerprint density at radius 1 is 1.42 bits per heavy atom. The first-order chi connectivity index (χ1) is 9.04. The molecule has 0 bridgehead atoms. The molecule has 7 nitrogen and oxygen atoms in total. The zero-order valence-corrected chi connectivity index (χ0v) is 12.7. The normalized spacial score (nSPS) is 12.7. The third kappa shape index (κ3) is 5.56.